The summed E-state index contributed by atoms with van der Waals surface area (Å²) in [6, 6.07) is 8.30. The molecular weight excluding hydrogens is 296 g/mol. The Bertz CT molecular complexity index is 645. The van der Waals surface area contributed by atoms with Crippen LogP contribution in [0.25, 0.3) is 11.4 Å². The van der Waals surface area contributed by atoms with Crippen LogP contribution in [-0.4, -0.2) is 57.4 Å². The zero-order valence-electron chi connectivity index (χ0n) is 13.0. The summed E-state index contributed by atoms with van der Waals surface area (Å²) in [5, 5.41) is 17.5. The quantitative estimate of drug-likeness (QED) is 0.860. The van der Waals surface area contributed by atoms with Crippen LogP contribution in [-0.2, 0) is 11.3 Å². The SMILES string of the molecule is CCOC(=O)N1CC[C@@H](NCc2cccc(-c3nn[nH]n3)c2)C1. The normalized spacial score (nSPS) is 17.4. The van der Waals surface area contributed by atoms with Gasteiger partial charge in [0.2, 0.25) is 5.82 Å². The zero-order valence-corrected chi connectivity index (χ0v) is 13.0. The highest BCUT2D eigenvalue weighted by Crippen LogP contribution is 2.16. The Balaban J connectivity index is 1.53. The minimum absolute atomic E-state index is 0.226. The molecule has 23 heavy (non-hydrogen) atoms. The Morgan fingerprint density at radius 1 is 1.52 bits per heavy atom. The number of nitrogens with zero attached hydrogens (tertiary/aromatic N) is 4. The average molecular weight is 316 g/mol. The van der Waals surface area contributed by atoms with E-state index in [1.54, 1.807) is 4.90 Å². The molecule has 1 saturated heterocycles. The van der Waals surface area contributed by atoms with Crippen molar-refractivity contribution in [2.24, 2.45) is 0 Å². The number of aromatic amines is 1. The number of aromatic nitrogens is 4. The molecule has 1 aliphatic heterocycles. The molecule has 122 valence electrons. The van der Waals surface area contributed by atoms with Gasteiger partial charge in [0.05, 0.1) is 6.61 Å². The second-order valence-corrected chi connectivity index (χ2v) is 5.45. The molecule has 0 bridgehead atoms. The maximum absolute atomic E-state index is 11.7. The van der Waals surface area contributed by atoms with Crippen LogP contribution in [0.5, 0.6) is 0 Å². The molecule has 1 atom stereocenters. The predicted octanol–water partition coefficient (Wildman–Crippen LogP) is 1.19. The predicted molar refractivity (Wildman–Crippen MR) is 83.5 cm³/mol. The fourth-order valence-corrected chi connectivity index (χ4v) is 2.67. The molecule has 0 radical (unpaired) electrons. The van der Waals surface area contributed by atoms with Gasteiger partial charge in [-0.15, -0.1) is 10.2 Å². The molecule has 8 heteroatoms. The van der Waals surface area contributed by atoms with Gasteiger partial charge < -0.3 is 15.0 Å². The van der Waals surface area contributed by atoms with Crippen molar-refractivity contribution >= 4 is 6.09 Å². The van der Waals surface area contributed by atoms with Crippen molar-refractivity contribution in [3.8, 4) is 11.4 Å². The Labute approximate surface area is 134 Å². The van der Waals surface area contributed by atoms with Crippen LogP contribution in [0.3, 0.4) is 0 Å². The lowest BCUT2D eigenvalue weighted by Crippen LogP contribution is -2.35. The number of carbonyl (C=O) groups is 1. The van der Waals surface area contributed by atoms with Gasteiger partial charge in [-0.05, 0) is 30.2 Å². The lowest BCUT2D eigenvalue weighted by atomic mass is 10.1. The third-order valence-corrected chi connectivity index (χ3v) is 3.84. The first-order chi connectivity index (χ1) is 11.3. The molecule has 0 unspecified atom stereocenters. The summed E-state index contributed by atoms with van der Waals surface area (Å²) in [4.78, 5) is 13.4. The van der Waals surface area contributed by atoms with Gasteiger partial charge in [0, 0.05) is 31.2 Å². The van der Waals surface area contributed by atoms with Gasteiger partial charge in [-0.2, -0.15) is 5.21 Å². The summed E-state index contributed by atoms with van der Waals surface area (Å²) in [6.07, 6.45) is 0.708. The van der Waals surface area contributed by atoms with E-state index in [9.17, 15) is 4.79 Å². The highest BCUT2D eigenvalue weighted by atomic mass is 16.6. The number of H-pyrrole nitrogens is 1. The molecule has 1 aliphatic rings. The Morgan fingerprint density at radius 3 is 3.22 bits per heavy atom. The van der Waals surface area contributed by atoms with E-state index in [0.717, 1.165) is 30.6 Å². The van der Waals surface area contributed by atoms with E-state index in [1.165, 1.54) is 0 Å². The van der Waals surface area contributed by atoms with Crippen molar-refractivity contribution in [3.05, 3.63) is 29.8 Å². The first-order valence-electron chi connectivity index (χ1n) is 7.74. The molecule has 1 fully saturated rings. The number of amides is 1. The van der Waals surface area contributed by atoms with Crippen LogP contribution >= 0.6 is 0 Å². The summed E-state index contributed by atoms with van der Waals surface area (Å²) in [6.45, 7) is 4.38. The fourth-order valence-electron chi connectivity index (χ4n) is 2.67. The maximum Gasteiger partial charge on any atom is 0.409 e. The second kappa shape index (κ2) is 7.19. The number of likely N-dealkylation sites (tertiary alicyclic amines) is 1. The van der Waals surface area contributed by atoms with Crippen molar-refractivity contribution in [3.63, 3.8) is 0 Å². The number of benzene rings is 1. The Kier molecular flexibility index (Phi) is 4.82. The molecule has 1 amide bonds. The minimum atomic E-state index is -0.226. The molecule has 3 rings (SSSR count). The highest BCUT2D eigenvalue weighted by molar-refractivity contribution is 5.68. The van der Waals surface area contributed by atoms with E-state index in [-0.39, 0.29) is 12.1 Å². The molecule has 8 nitrogen and oxygen atoms in total. The third-order valence-electron chi connectivity index (χ3n) is 3.84. The van der Waals surface area contributed by atoms with Crippen molar-refractivity contribution < 1.29 is 9.53 Å². The van der Waals surface area contributed by atoms with Crippen molar-refractivity contribution in [2.45, 2.75) is 25.9 Å². The van der Waals surface area contributed by atoms with Crippen molar-refractivity contribution in [1.82, 2.24) is 30.8 Å². The lowest BCUT2D eigenvalue weighted by molar-refractivity contribution is 0.115. The molecule has 1 aromatic carbocycles. The lowest BCUT2D eigenvalue weighted by Gasteiger charge is -2.16. The number of nitrogens with one attached hydrogen (secondary N) is 2. The second-order valence-electron chi connectivity index (χ2n) is 5.45. The summed E-state index contributed by atoms with van der Waals surface area (Å²) in [5.41, 5.74) is 2.07. The summed E-state index contributed by atoms with van der Waals surface area (Å²) in [5.74, 6) is 0.584. The molecule has 2 N–H and O–H groups in total. The van der Waals surface area contributed by atoms with Gasteiger partial charge >= 0.3 is 6.09 Å². The van der Waals surface area contributed by atoms with Crippen LogP contribution < -0.4 is 5.32 Å². The highest BCUT2D eigenvalue weighted by Gasteiger charge is 2.26. The number of carbonyl (C=O) groups excluding carboxylic acids is 1. The molecule has 0 spiro atoms. The van der Waals surface area contributed by atoms with E-state index in [1.807, 2.05) is 25.1 Å². The van der Waals surface area contributed by atoms with E-state index in [2.05, 4.69) is 32.0 Å². The molecule has 2 aromatic rings. The third kappa shape index (κ3) is 3.84. The van der Waals surface area contributed by atoms with Gasteiger partial charge in [0.15, 0.2) is 0 Å². The smallest absolute Gasteiger partial charge is 0.409 e. The van der Waals surface area contributed by atoms with E-state index in [0.29, 0.717) is 19.0 Å². The number of rotatable bonds is 5. The Hall–Kier alpha value is -2.48. The zero-order chi connectivity index (χ0) is 16.1. The topological polar surface area (TPSA) is 96.0 Å². The van der Waals surface area contributed by atoms with Gasteiger partial charge in [-0.25, -0.2) is 4.79 Å². The van der Waals surface area contributed by atoms with Crippen LogP contribution in [0.15, 0.2) is 24.3 Å². The van der Waals surface area contributed by atoms with Crippen molar-refractivity contribution in [1.29, 1.82) is 0 Å². The van der Waals surface area contributed by atoms with E-state index in [4.69, 9.17) is 4.74 Å². The number of hydrogen-bond acceptors (Lipinski definition) is 6. The molecular formula is C15H20N6O2. The summed E-state index contributed by atoms with van der Waals surface area (Å²) < 4.78 is 5.03. The average Bonchev–Trinajstić information content (AvgIpc) is 3.25. The monoisotopic (exact) mass is 316 g/mol. The maximum atomic E-state index is 11.7. The Morgan fingerprint density at radius 2 is 2.43 bits per heavy atom. The standard InChI is InChI=1S/C15H20N6O2/c1-2-23-15(22)21-7-6-13(10-21)16-9-11-4-3-5-12(8-11)14-17-19-20-18-14/h3-5,8,13,16H,2,6-7,9-10H2,1H3,(H,17,18,19,20)/t13-/m1/s1. The number of ether oxygens (including phenoxy) is 1. The molecule has 2 heterocycles. The van der Waals surface area contributed by atoms with Gasteiger partial charge in [-0.3, -0.25) is 0 Å². The molecule has 0 saturated carbocycles. The minimum Gasteiger partial charge on any atom is -0.450 e. The summed E-state index contributed by atoms with van der Waals surface area (Å²) in [7, 11) is 0. The number of tetrazole rings is 1. The first kappa shape index (κ1) is 15.4. The molecule has 1 aromatic heterocycles. The van der Waals surface area contributed by atoms with Crippen LogP contribution in [0.2, 0.25) is 0 Å². The van der Waals surface area contributed by atoms with Crippen LogP contribution in [0.4, 0.5) is 4.79 Å². The van der Waals surface area contributed by atoms with Gasteiger partial charge in [0.25, 0.3) is 0 Å². The summed E-state index contributed by atoms with van der Waals surface area (Å²) >= 11 is 0. The largest absolute Gasteiger partial charge is 0.450 e. The van der Waals surface area contributed by atoms with Crippen LogP contribution in [0, 0.1) is 0 Å². The van der Waals surface area contributed by atoms with Gasteiger partial charge in [0.1, 0.15) is 0 Å². The van der Waals surface area contributed by atoms with E-state index >= 15 is 0 Å². The van der Waals surface area contributed by atoms with E-state index < -0.39 is 0 Å². The molecule has 0 aliphatic carbocycles. The van der Waals surface area contributed by atoms with Crippen molar-refractivity contribution in [2.75, 3.05) is 19.7 Å². The van der Waals surface area contributed by atoms with Gasteiger partial charge in [-0.1, -0.05) is 18.2 Å². The fraction of sp³-hybridized carbons (Fsp3) is 0.467. The first-order valence-corrected chi connectivity index (χ1v) is 7.74. The van der Waals surface area contributed by atoms with Crippen LogP contribution in [0.1, 0.15) is 18.9 Å². The number of hydrogen-bond donors (Lipinski definition) is 2.